The number of furan rings is 1. The number of amides is 1. The molecule has 1 saturated heterocycles. The van der Waals surface area contributed by atoms with E-state index in [1.807, 2.05) is 6.92 Å². The average molecular weight is 500 g/mol. The minimum absolute atomic E-state index is 0. The molecule has 1 amide bonds. The lowest BCUT2D eigenvalue weighted by atomic mass is 10.2. The molecule has 2 aromatic heterocycles. The van der Waals surface area contributed by atoms with E-state index in [4.69, 9.17) is 9.15 Å². The number of ether oxygens (including phenoxy) is 1. The van der Waals surface area contributed by atoms with E-state index in [0.717, 1.165) is 17.8 Å². The molecule has 4 rings (SSSR count). The lowest BCUT2D eigenvalue weighted by Crippen LogP contribution is -2.43. The zero-order valence-electron chi connectivity index (χ0n) is 18.2. The number of halogens is 1. The largest absolute Gasteiger partial charge is 0.466 e. The standard InChI is InChI=1S/C21H25N3O5S2.ClH/c1-14-12-17(15(2)29-14)20(25)24(7-6-23-8-10-28-11-9-23)21-22-18-5-4-16(31(3,26)27)13-19(18)30-21;/h4-5,12-13H,6-11H2,1-3H3;1H. The fraction of sp³-hybridized carbons (Fsp3) is 0.429. The molecule has 0 unspecified atom stereocenters. The van der Waals surface area contributed by atoms with Crippen LogP contribution < -0.4 is 4.90 Å². The van der Waals surface area contributed by atoms with Crippen molar-refractivity contribution in [2.24, 2.45) is 0 Å². The van der Waals surface area contributed by atoms with Crippen LogP contribution in [0.1, 0.15) is 21.9 Å². The second-order valence-electron chi connectivity index (χ2n) is 7.64. The van der Waals surface area contributed by atoms with Gasteiger partial charge >= 0.3 is 0 Å². The van der Waals surface area contributed by atoms with Crippen molar-refractivity contribution >= 4 is 54.8 Å². The van der Waals surface area contributed by atoms with Gasteiger partial charge in [0.2, 0.25) is 0 Å². The Balaban J connectivity index is 0.00000289. The number of hydrogen-bond acceptors (Lipinski definition) is 8. The van der Waals surface area contributed by atoms with E-state index in [1.54, 1.807) is 36.1 Å². The molecule has 1 aromatic carbocycles. The second kappa shape index (κ2) is 9.88. The highest BCUT2D eigenvalue weighted by Crippen LogP contribution is 2.32. The average Bonchev–Trinajstić information content (AvgIpc) is 3.29. The van der Waals surface area contributed by atoms with Crippen LogP contribution in [0, 0.1) is 13.8 Å². The number of morpholine rings is 1. The van der Waals surface area contributed by atoms with Gasteiger partial charge in [-0.25, -0.2) is 13.4 Å². The van der Waals surface area contributed by atoms with Crippen LogP contribution in [0.15, 0.2) is 33.6 Å². The molecule has 3 heterocycles. The Morgan fingerprint density at radius 1 is 1.22 bits per heavy atom. The Kier molecular flexibility index (Phi) is 7.61. The number of aromatic nitrogens is 1. The molecule has 174 valence electrons. The summed E-state index contributed by atoms with van der Waals surface area (Å²) >= 11 is 1.31. The number of nitrogens with zero attached hydrogens (tertiary/aromatic N) is 3. The first-order valence-corrected chi connectivity index (χ1v) is 12.7. The Bertz CT molecular complexity index is 1220. The van der Waals surface area contributed by atoms with Gasteiger partial charge in [-0.2, -0.15) is 0 Å². The first-order chi connectivity index (χ1) is 14.7. The van der Waals surface area contributed by atoms with Gasteiger partial charge in [0.25, 0.3) is 5.91 Å². The van der Waals surface area contributed by atoms with Gasteiger partial charge in [-0.1, -0.05) is 11.3 Å². The van der Waals surface area contributed by atoms with Crippen molar-refractivity contribution in [2.75, 3.05) is 50.5 Å². The van der Waals surface area contributed by atoms with Crippen LogP contribution in [0.3, 0.4) is 0 Å². The van der Waals surface area contributed by atoms with Gasteiger partial charge < -0.3 is 9.15 Å². The number of aryl methyl sites for hydroxylation is 2. The van der Waals surface area contributed by atoms with E-state index in [2.05, 4.69) is 9.88 Å². The zero-order chi connectivity index (χ0) is 22.2. The highest BCUT2D eigenvalue weighted by Gasteiger charge is 2.26. The third-order valence-corrected chi connectivity index (χ3v) is 7.42. The molecule has 1 aliphatic rings. The molecule has 3 aromatic rings. The van der Waals surface area contributed by atoms with Crippen LogP contribution in [-0.4, -0.2) is 69.9 Å². The van der Waals surface area contributed by atoms with Crippen molar-refractivity contribution in [1.82, 2.24) is 9.88 Å². The second-order valence-corrected chi connectivity index (χ2v) is 10.7. The number of sulfone groups is 1. The van der Waals surface area contributed by atoms with Crippen molar-refractivity contribution < 1.29 is 22.4 Å². The van der Waals surface area contributed by atoms with Crippen molar-refractivity contribution in [3.63, 3.8) is 0 Å². The SMILES string of the molecule is Cc1cc(C(=O)N(CCN2CCOCC2)c2nc3ccc(S(C)(=O)=O)cc3s2)c(C)o1.Cl. The van der Waals surface area contributed by atoms with Crippen molar-refractivity contribution in [3.05, 3.63) is 41.3 Å². The van der Waals surface area contributed by atoms with Crippen LogP contribution in [0.2, 0.25) is 0 Å². The summed E-state index contributed by atoms with van der Waals surface area (Å²) in [6.45, 7) is 7.75. The highest BCUT2D eigenvalue weighted by molar-refractivity contribution is 7.90. The summed E-state index contributed by atoms with van der Waals surface area (Å²) in [5.74, 6) is 1.07. The summed E-state index contributed by atoms with van der Waals surface area (Å²) in [7, 11) is -3.32. The predicted molar refractivity (Wildman–Crippen MR) is 127 cm³/mol. The number of hydrogen-bond donors (Lipinski definition) is 0. The Morgan fingerprint density at radius 3 is 2.56 bits per heavy atom. The summed E-state index contributed by atoms with van der Waals surface area (Å²) in [4.78, 5) is 22.2. The molecule has 0 aliphatic carbocycles. The van der Waals surface area contributed by atoms with E-state index >= 15 is 0 Å². The summed E-state index contributed by atoms with van der Waals surface area (Å²) in [5.41, 5.74) is 1.17. The minimum atomic E-state index is -3.32. The number of fused-ring (bicyclic) bond motifs is 1. The van der Waals surface area contributed by atoms with Crippen molar-refractivity contribution in [3.8, 4) is 0 Å². The highest BCUT2D eigenvalue weighted by atomic mass is 35.5. The van der Waals surface area contributed by atoms with Crippen molar-refractivity contribution in [1.29, 1.82) is 0 Å². The number of anilines is 1. The maximum absolute atomic E-state index is 13.4. The Labute approximate surface area is 197 Å². The van der Waals surface area contributed by atoms with Crippen LogP contribution in [0.4, 0.5) is 5.13 Å². The van der Waals surface area contributed by atoms with E-state index in [-0.39, 0.29) is 23.2 Å². The summed E-state index contributed by atoms with van der Waals surface area (Å²) < 4.78 is 35.5. The first-order valence-electron chi connectivity index (χ1n) is 10.0. The van der Waals surface area contributed by atoms with E-state index in [1.165, 1.54) is 17.6 Å². The Morgan fingerprint density at radius 2 is 1.94 bits per heavy atom. The van der Waals surface area contributed by atoms with Crippen LogP contribution in [-0.2, 0) is 14.6 Å². The zero-order valence-corrected chi connectivity index (χ0v) is 20.6. The summed E-state index contributed by atoms with van der Waals surface area (Å²) in [6.07, 6.45) is 1.18. The number of thiazole rings is 1. The molecular formula is C21H26ClN3O5S2. The monoisotopic (exact) mass is 499 g/mol. The van der Waals surface area contributed by atoms with Gasteiger partial charge in [0.15, 0.2) is 15.0 Å². The molecule has 0 atom stereocenters. The number of carbonyl (C=O) groups is 1. The van der Waals surface area contributed by atoms with Gasteiger partial charge in [0, 0.05) is 32.4 Å². The number of benzene rings is 1. The molecule has 0 radical (unpaired) electrons. The van der Waals surface area contributed by atoms with Crippen LogP contribution >= 0.6 is 23.7 Å². The normalized spacial score (nSPS) is 15.0. The van der Waals surface area contributed by atoms with Gasteiger partial charge in [0.1, 0.15) is 11.5 Å². The molecule has 1 fully saturated rings. The van der Waals surface area contributed by atoms with E-state index in [0.29, 0.717) is 54.0 Å². The van der Waals surface area contributed by atoms with Gasteiger partial charge in [-0.05, 0) is 38.1 Å². The smallest absolute Gasteiger partial charge is 0.263 e. The summed E-state index contributed by atoms with van der Waals surface area (Å²) in [6, 6.07) is 6.59. The topological polar surface area (TPSA) is 93.0 Å². The van der Waals surface area contributed by atoms with Crippen LogP contribution in [0.25, 0.3) is 10.2 Å². The lowest BCUT2D eigenvalue weighted by molar-refractivity contribution is 0.0391. The molecule has 0 saturated carbocycles. The fourth-order valence-corrected chi connectivity index (χ4v) is 5.33. The van der Waals surface area contributed by atoms with Gasteiger partial charge in [0.05, 0.1) is 33.9 Å². The van der Waals surface area contributed by atoms with Gasteiger partial charge in [-0.3, -0.25) is 14.6 Å². The molecule has 0 spiro atoms. The number of carbonyl (C=O) groups excluding carboxylic acids is 1. The molecule has 11 heteroatoms. The van der Waals surface area contributed by atoms with Crippen LogP contribution in [0.5, 0.6) is 0 Å². The number of rotatable bonds is 6. The minimum Gasteiger partial charge on any atom is -0.466 e. The molecular weight excluding hydrogens is 474 g/mol. The summed E-state index contributed by atoms with van der Waals surface area (Å²) in [5, 5.41) is 0.539. The van der Waals surface area contributed by atoms with E-state index < -0.39 is 9.84 Å². The molecule has 1 aliphatic heterocycles. The molecule has 32 heavy (non-hydrogen) atoms. The maximum atomic E-state index is 13.4. The fourth-order valence-electron chi connectivity index (χ4n) is 3.58. The lowest BCUT2D eigenvalue weighted by Gasteiger charge is -2.29. The molecule has 0 bridgehead atoms. The predicted octanol–water partition coefficient (Wildman–Crippen LogP) is 3.31. The molecule has 8 nitrogen and oxygen atoms in total. The molecule has 0 N–H and O–H groups in total. The first kappa shape index (κ1) is 24.7. The third-order valence-electron chi connectivity index (χ3n) is 5.27. The quantitative estimate of drug-likeness (QED) is 0.513. The van der Waals surface area contributed by atoms with Crippen molar-refractivity contribution in [2.45, 2.75) is 18.7 Å². The maximum Gasteiger partial charge on any atom is 0.263 e. The van der Waals surface area contributed by atoms with E-state index in [9.17, 15) is 13.2 Å². The third kappa shape index (κ3) is 5.32. The van der Waals surface area contributed by atoms with Gasteiger partial charge in [-0.15, -0.1) is 12.4 Å². The Hall–Kier alpha value is -1.98.